The quantitative estimate of drug-likeness (QED) is 0.833. The number of halogens is 2. The molecule has 0 aliphatic carbocycles. The molecule has 0 unspecified atom stereocenters. The molecule has 1 heterocycles. The van der Waals surface area contributed by atoms with Gasteiger partial charge >= 0.3 is 0 Å². The first-order valence-electron chi connectivity index (χ1n) is 5.44. The number of phenolic OH excluding ortho intramolecular Hbond substituents is 1. The van der Waals surface area contributed by atoms with Crippen LogP contribution < -0.4 is 5.32 Å². The average Bonchev–Trinajstić information content (AvgIpc) is 2.41. The van der Waals surface area contributed by atoms with E-state index < -0.39 is 23.2 Å². The van der Waals surface area contributed by atoms with Crippen molar-refractivity contribution in [1.29, 1.82) is 0 Å². The second kappa shape index (κ2) is 5.43. The van der Waals surface area contributed by atoms with Gasteiger partial charge in [-0.05, 0) is 23.8 Å². The maximum atomic E-state index is 13.3. The Kier molecular flexibility index (Phi) is 3.70. The van der Waals surface area contributed by atoms with Crippen molar-refractivity contribution in [2.24, 2.45) is 0 Å². The third-order valence-corrected chi connectivity index (χ3v) is 2.48. The van der Waals surface area contributed by atoms with Gasteiger partial charge in [0, 0.05) is 12.7 Å². The second-order valence-corrected chi connectivity index (χ2v) is 3.81. The molecule has 2 N–H and O–H groups in total. The molecule has 2 rings (SSSR count). The van der Waals surface area contributed by atoms with E-state index in [2.05, 4.69) is 10.3 Å². The minimum Gasteiger partial charge on any atom is -0.508 e. The molecule has 0 fully saturated rings. The molecule has 98 valence electrons. The van der Waals surface area contributed by atoms with Gasteiger partial charge in [0.25, 0.3) is 5.91 Å². The van der Waals surface area contributed by atoms with E-state index in [1.807, 2.05) is 0 Å². The maximum absolute atomic E-state index is 13.3. The van der Waals surface area contributed by atoms with Gasteiger partial charge in [-0.25, -0.2) is 9.37 Å². The molecule has 0 atom stereocenters. The van der Waals surface area contributed by atoms with E-state index in [4.69, 9.17) is 5.11 Å². The molecule has 0 saturated heterocycles. The van der Waals surface area contributed by atoms with E-state index in [-0.39, 0.29) is 12.3 Å². The predicted octanol–water partition coefficient (Wildman–Crippen LogP) is 2.00. The topological polar surface area (TPSA) is 62.2 Å². The van der Waals surface area contributed by atoms with Crippen LogP contribution in [0.2, 0.25) is 0 Å². The number of benzene rings is 1. The number of carbonyl (C=O) groups excluding carboxylic acids is 1. The van der Waals surface area contributed by atoms with Gasteiger partial charge in [-0.1, -0.05) is 12.1 Å². The van der Waals surface area contributed by atoms with E-state index in [0.717, 1.165) is 17.8 Å². The molecule has 6 heteroatoms. The summed E-state index contributed by atoms with van der Waals surface area (Å²) in [6, 6.07) is 7.26. The first-order chi connectivity index (χ1) is 9.08. The number of rotatable bonds is 3. The molecule has 0 aliphatic rings. The standard InChI is InChI=1S/C13H10F2N2O2/c14-11-10(5-6-16-12(11)15)13(19)17-7-8-1-3-9(18)4-2-8/h1-6,18H,7H2,(H,17,19). The van der Waals surface area contributed by atoms with Crippen LogP contribution in [0.15, 0.2) is 36.5 Å². The van der Waals surface area contributed by atoms with Gasteiger partial charge in [0.2, 0.25) is 5.95 Å². The van der Waals surface area contributed by atoms with E-state index >= 15 is 0 Å². The van der Waals surface area contributed by atoms with Crippen LogP contribution in [0.25, 0.3) is 0 Å². The number of phenols is 1. The Labute approximate surface area is 107 Å². The van der Waals surface area contributed by atoms with Gasteiger partial charge in [-0.15, -0.1) is 0 Å². The zero-order valence-corrected chi connectivity index (χ0v) is 9.73. The highest BCUT2D eigenvalue weighted by molar-refractivity contribution is 5.94. The first kappa shape index (κ1) is 12.9. The smallest absolute Gasteiger partial charge is 0.254 e. The molecule has 4 nitrogen and oxygen atoms in total. The van der Waals surface area contributed by atoms with E-state index in [1.54, 1.807) is 12.1 Å². The number of hydrogen-bond acceptors (Lipinski definition) is 3. The summed E-state index contributed by atoms with van der Waals surface area (Å²) in [6.07, 6.45) is 1.02. The van der Waals surface area contributed by atoms with E-state index in [1.165, 1.54) is 12.1 Å². The largest absolute Gasteiger partial charge is 0.508 e. The minimum atomic E-state index is -1.31. The van der Waals surface area contributed by atoms with Crippen molar-refractivity contribution < 1.29 is 18.7 Å². The number of hydrogen-bond donors (Lipinski definition) is 2. The van der Waals surface area contributed by atoms with Crippen molar-refractivity contribution in [3.05, 3.63) is 59.4 Å². The number of nitrogens with zero attached hydrogens (tertiary/aromatic N) is 1. The molecule has 1 amide bonds. The van der Waals surface area contributed by atoms with Crippen LogP contribution in [0.3, 0.4) is 0 Å². The Morgan fingerprint density at radius 3 is 2.58 bits per heavy atom. The zero-order valence-electron chi connectivity index (χ0n) is 9.73. The van der Waals surface area contributed by atoms with Gasteiger partial charge in [-0.2, -0.15) is 4.39 Å². The first-order valence-corrected chi connectivity index (χ1v) is 5.44. The molecule has 1 aromatic carbocycles. The number of aromatic hydroxyl groups is 1. The highest BCUT2D eigenvalue weighted by Crippen LogP contribution is 2.11. The summed E-state index contributed by atoms with van der Waals surface area (Å²) in [5.74, 6) is -3.20. The Morgan fingerprint density at radius 2 is 1.89 bits per heavy atom. The van der Waals surface area contributed by atoms with Crippen LogP contribution in [-0.2, 0) is 6.54 Å². The Morgan fingerprint density at radius 1 is 1.21 bits per heavy atom. The second-order valence-electron chi connectivity index (χ2n) is 3.81. The van der Waals surface area contributed by atoms with Gasteiger partial charge in [0.1, 0.15) is 5.75 Å². The fourth-order valence-corrected chi connectivity index (χ4v) is 1.48. The summed E-state index contributed by atoms with van der Waals surface area (Å²) < 4.78 is 26.2. The number of aromatic nitrogens is 1. The van der Waals surface area contributed by atoms with Gasteiger partial charge in [0.05, 0.1) is 5.56 Å². The normalized spacial score (nSPS) is 10.2. The van der Waals surface area contributed by atoms with Crippen molar-refractivity contribution in [3.63, 3.8) is 0 Å². The zero-order chi connectivity index (χ0) is 13.8. The number of carbonyl (C=O) groups is 1. The van der Waals surface area contributed by atoms with E-state index in [9.17, 15) is 13.6 Å². The van der Waals surface area contributed by atoms with Gasteiger partial charge < -0.3 is 10.4 Å². The lowest BCUT2D eigenvalue weighted by molar-refractivity contribution is 0.0945. The molecular weight excluding hydrogens is 254 g/mol. The number of amides is 1. The fraction of sp³-hybridized carbons (Fsp3) is 0.0769. The van der Waals surface area contributed by atoms with Gasteiger partial charge in [0.15, 0.2) is 5.82 Å². The summed E-state index contributed by atoms with van der Waals surface area (Å²) in [5.41, 5.74) is 0.326. The summed E-state index contributed by atoms with van der Waals surface area (Å²) in [6.45, 7) is 0.141. The van der Waals surface area contributed by atoms with Crippen molar-refractivity contribution in [1.82, 2.24) is 10.3 Å². The lowest BCUT2D eigenvalue weighted by atomic mass is 10.2. The monoisotopic (exact) mass is 264 g/mol. The molecule has 0 bridgehead atoms. The molecule has 2 aromatic rings. The van der Waals surface area contributed by atoms with Crippen molar-refractivity contribution in [2.75, 3.05) is 0 Å². The summed E-state index contributed by atoms with van der Waals surface area (Å²) in [4.78, 5) is 14.8. The van der Waals surface area contributed by atoms with E-state index in [0.29, 0.717) is 0 Å². The Bertz CT molecular complexity index is 600. The Hall–Kier alpha value is -2.50. The SMILES string of the molecule is O=C(NCc1ccc(O)cc1)c1ccnc(F)c1F. The predicted molar refractivity (Wildman–Crippen MR) is 63.4 cm³/mol. The van der Waals surface area contributed by atoms with Crippen LogP contribution in [0.1, 0.15) is 15.9 Å². The summed E-state index contributed by atoms with van der Waals surface area (Å²) in [5, 5.41) is 11.5. The van der Waals surface area contributed by atoms with Crippen LogP contribution in [0.4, 0.5) is 8.78 Å². The number of nitrogens with one attached hydrogen (secondary N) is 1. The van der Waals surface area contributed by atoms with Crippen LogP contribution >= 0.6 is 0 Å². The third-order valence-electron chi connectivity index (χ3n) is 2.48. The molecule has 19 heavy (non-hydrogen) atoms. The molecule has 1 aromatic heterocycles. The molecule has 0 aliphatic heterocycles. The molecule has 0 saturated carbocycles. The summed E-state index contributed by atoms with van der Waals surface area (Å²) >= 11 is 0. The van der Waals surface area contributed by atoms with Crippen LogP contribution in [0, 0.1) is 11.8 Å². The van der Waals surface area contributed by atoms with Crippen molar-refractivity contribution in [2.45, 2.75) is 6.54 Å². The number of pyridine rings is 1. The summed E-state index contributed by atoms with van der Waals surface area (Å²) in [7, 11) is 0. The molecule has 0 radical (unpaired) electrons. The lowest BCUT2D eigenvalue weighted by Gasteiger charge is -2.06. The van der Waals surface area contributed by atoms with Crippen LogP contribution in [0.5, 0.6) is 5.75 Å². The highest BCUT2D eigenvalue weighted by Gasteiger charge is 2.15. The minimum absolute atomic E-state index is 0.109. The highest BCUT2D eigenvalue weighted by atomic mass is 19.2. The maximum Gasteiger partial charge on any atom is 0.254 e. The van der Waals surface area contributed by atoms with Gasteiger partial charge in [-0.3, -0.25) is 4.79 Å². The third kappa shape index (κ3) is 3.04. The molecular formula is C13H10F2N2O2. The van der Waals surface area contributed by atoms with Crippen molar-refractivity contribution >= 4 is 5.91 Å². The van der Waals surface area contributed by atoms with Crippen molar-refractivity contribution in [3.8, 4) is 5.75 Å². The Balaban J connectivity index is 2.05. The molecule has 0 spiro atoms. The fourth-order valence-electron chi connectivity index (χ4n) is 1.48. The lowest BCUT2D eigenvalue weighted by Crippen LogP contribution is -2.24. The average molecular weight is 264 g/mol. The van der Waals surface area contributed by atoms with Crippen LogP contribution in [-0.4, -0.2) is 16.0 Å².